The number of hydrogen-bond acceptors (Lipinski definition) is 6. The van der Waals surface area contributed by atoms with Crippen molar-refractivity contribution in [3.63, 3.8) is 0 Å². The molecular formula is C46H59O6P. The third kappa shape index (κ3) is 8.65. The molecule has 0 saturated heterocycles. The number of rotatable bonds is 7. The van der Waals surface area contributed by atoms with Crippen molar-refractivity contribution >= 4 is 36.3 Å². The maximum Gasteiger partial charge on any atom is 0.514 e. The minimum absolute atomic E-state index is 0.130. The molecule has 0 fully saturated rings. The monoisotopic (exact) mass is 738 g/mol. The lowest BCUT2D eigenvalue weighted by Gasteiger charge is -2.29. The van der Waals surface area contributed by atoms with E-state index in [2.05, 4.69) is 159 Å². The van der Waals surface area contributed by atoms with E-state index in [1.54, 1.807) is 0 Å². The Kier molecular flexibility index (Phi) is 11.3. The molecule has 1 aromatic heterocycles. The highest BCUT2D eigenvalue weighted by Gasteiger charge is 2.32. The zero-order valence-corrected chi connectivity index (χ0v) is 35.6. The normalized spacial score (nSPS) is 12.4. The van der Waals surface area contributed by atoms with Gasteiger partial charge in [-0.15, -0.1) is 0 Å². The van der Waals surface area contributed by atoms with Gasteiger partial charge in [-0.2, -0.15) is 0 Å². The summed E-state index contributed by atoms with van der Waals surface area (Å²) < 4.78 is 33.1. The molecule has 5 aromatic rings. The summed E-state index contributed by atoms with van der Waals surface area (Å²) in [5.41, 5.74) is 10.6. The van der Waals surface area contributed by atoms with Gasteiger partial charge >= 0.3 is 14.4 Å². The van der Waals surface area contributed by atoms with E-state index in [1.807, 2.05) is 0 Å². The molecule has 0 N–H and O–H groups in total. The zero-order valence-electron chi connectivity index (χ0n) is 34.7. The van der Waals surface area contributed by atoms with Crippen molar-refractivity contribution in [3.8, 4) is 22.6 Å². The number of hydrogen-bond donors (Lipinski definition) is 0. The number of benzene rings is 4. The van der Waals surface area contributed by atoms with E-state index >= 15 is 0 Å². The molecule has 0 aliphatic rings. The average molecular weight is 739 g/mol. The van der Waals surface area contributed by atoms with Gasteiger partial charge in [0.1, 0.15) is 28.8 Å². The van der Waals surface area contributed by atoms with E-state index < -0.39 is 14.4 Å². The van der Waals surface area contributed by atoms with Crippen LogP contribution in [0.15, 0.2) is 56.9 Å². The number of ether oxygens (including phenoxy) is 2. The second-order valence-corrected chi connectivity index (χ2v) is 18.7. The quantitative estimate of drug-likeness (QED) is 0.122. The van der Waals surface area contributed by atoms with E-state index in [-0.39, 0.29) is 28.8 Å². The Labute approximate surface area is 317 Å². The lowest BCUT2D eigenvalue weighted by molar-refractivity contribution is 0.0141. The van der Waals surface area contributed by atoms with Crippen molar-refractivity contribution in [2.24, 2.45) is 11.8 Å². The summed E-state index contributed by atoms with van der Waals surface area (Å²) in [6.45, 7) is 33.6. The van der Waals surface area contributed by atoms with Crippen LogP contribution in [0.1, 0.15) is 114 Å². The summed E-state index contributed by atoms with van der Waals surface area (Å²) in [6.07, 6.45) is -1.01. The summed E-state index contributed by atoms with van der Waals surface area (Å²) in [4.78, 5) is 13.7. The van der Waals surface area contributed by atoms with Crippen LogP contribution in [0.25, 0.3) is 33.1 Å². The molecule has 0 atom stereocenters. The lowest BCUT2D eigenvalue weighted by atomic mass is 9.80. The van der Waals surface area contributed by atoms with Crippen molar-refractivity contribution in [1.29, 1.82) is 0 Å². The Morgan fingerprint density at radius 3 is 1.40 bits per heavy atom. The van der Waals surface area contributed by atoms with Crippen LogP contribution in [0, 0.1) is 53.4 Å². The molecule has 0 unspecified atom stereocenters. The Morgan fingerprint density at radius 2 is 0.981 bits per heavy atom. The Balaban J connectivity index is 1.85. The Hall–Kier alpha value is -4.15. The fourth-order valence-corrected chi connectivity index (χ4v) is 8.60. The van der Waals surface area contributed by atoms with Crippen LogP contribution >= 0.6 is 8.24 Å². The second-order valence-electron chi connectivity index (χ2n) is 17.7. The molecule has 0 radical (unpaired) electrons. The predicted octanol–water partition coefficient (Wildman–Crippen LogP) is 14.4. The topological polar surface area (TPSA) is 71.0 Å². The first-order valence-corrected chi connectivity index (χ1v) is 19.9. The van der Waals surface area contributed by atoms with Gasteiger partial charge in [0.2, 0.25) is 0 Å². The number of aryl methyl sites for hydroxylation is 6. The molecule has 53 heavy (non-hydrogen) atoms. The van der Waals surface area contributed by atoms with E-state index in [4.69, 9.17) is 22.4 Å². The zero-order chi connectivity index (χ0) is 39.3. The number of carbonyl (C=O) groups excluding carboxylic acids is 1. The van der Waals surface area contributed by atoms with Crippen LogP contribution < -0.4 is 9.26 Å². The molecule has 6 nitrogen and oxygen atoms in total. The van der Waals surface area contributed by atoms with Crippen molar-refractivity contribution in [3.05, 3.63) is 93.0 Å². The Morgan fingerprint density at radius 1 is 0.585 bits per heavy atom. The van der Waals surface area contributed by atoms with Crippen LogP contribution in [-0.4, -0.2) is 12.3 Å². The third-order valence-corrected chi connectivity index (χ3v) is 10.7. The molecule has 7 heteroatoms. The standard InChI is InChI=1S/C46H59O6P/c1-25(2)39(26(3)4)48-44(47)49-42-35(21-29(7)23-37(42)45(11,12)13)36-22-30(8)24-38(46(14,15)16)43(36)52-53-50-40-31(9)17-27(5)19-33(40)34-20-28(6)18-32(10)41(34)51-53/h17-26,39H,1-16H3. The SMILES string of the molecule is Cc1cc(-c2cc(C)cc(C(C)(C)C)c2Op2oc3c(C)cc(C)cc3c3cc(C)cc(C)c3o2)c(OC(=O)OC(C(C)C)C(C)C)c(C(C)(C)C)c1. The minimum atomic E-state index is -2.00. The van der Waals surface area contributed by atoms with Crippen molar-refractivity contribution in [1.82, 2.24) is 0 Å². The predicted molar refractivity (Wildman–Crippen MR) is 221 cm³/mol. The summed E-state index contributed by atoms with van der Waals surface area (Å²) >= 11 is 0. The molecule has 4 aromatic carbocycles. The molecule has 5 rings (SSSR count). The van der Waals surface area contributed by atoms with Crippen LogP contribution in [0.2, 0.25) is 0 Å². The second kappa shape index (κ2) is 14.9. The molecule has 0 aliphatic carbocycles. The summed E-state index contributed by atoms with van der Waals surface area (Å²) in [5, 5.41) is 1.98. The molecule has 0 saturated carbocycles. The van der Waals surface area contributed by atoms with Gasteiger partial charge in [0.05, 0.1) is 0 Å². The van der Waals surface area contributed by atoms with Crippen LogP contribution in [0.3, 0.4) is 0 Å². The molecule has 0 amide bonds. The van der Waals surface area contributed by atoms with Gasteiger partial charge in [0, 0.05) is 33.0 Å². The average Bonchev–Trinajstić information content (AvgIpc) is 3.17. The maximum absolute atomic E-state index is 13.7. The molecule has 1 heterocycles. The van der Waals surface area contributed by atoms with Crippen molar-refractivity contribution in [2.45, 2.75) is 128 Å². The van der Waals surface area contributed by atoms with Gasteiger partial charge < -0.3 is 22.4 Å². The minimum Gasteiger partial charge on any atom is -0.430 e. The molecule has 0 aliphatic heterocycles. The fraction of sp³-hybridized carbons (Fsp3) is 0.457. The summed E-state index contributed by atoms with van der Waals surface area (Å²) in [5.74, 6) is 1.34. The number of carbonyl (C=O) groups is 1. The maximum atomic E-state index is 13.7. The van der Waals surface area contributed by atoms with Crippen molar-refractivity contribution < 1.29 is 27.2 Å². The highest BCUT2D eigenvalue weighted by molar-refractivity contribution is 7.32. The Bertz CT molecular complexity index is 2150. The van der Waals surface area contributed by atoms with E-state index in [0.717, 1.165) is 77.6 Å². The van der Waals surface area contributed by atoms with Gasteiger partial charge in [0.15, 0.2) is 0 Å². The van der Waals surface area contributed by atoms with Crippen LogP contribution in [-0.2, 0) is 15.6 Å². The summed E-state index contributed by atoms with van der Waals surface area (Å²) in [6, 6.07) is 17.0. The van der Waals surface area contributed by atoms with E-state index in [0.29, 0.717) is 11.5 Å². The van der Waals surface area contributed by atoms with Gasteiger partial charge in [-0.25, -0.2) is 4.79 Å². The van der Waals surface area contributed by atoms with E-state index in [9.17, 15) is 4.79 Å². The number of fused-ring (bicyclic) bond motifs is 3. The summed E-state index contributed by atoms with van der Waals surface area (Å²) in [7, 11) is -2.00. The smallest absolute Gasteiger partial charge is 0.430 e. The molecular weight excluding hydrogens is 679 g/mol. The van der Waals surface area contributed by atoms with Gasteiger partial charge in [0.25, 0.3) is 0 Å². The van der Waals surface area contributed by atoms with Crippen molar-refractivity contribution in [2.75, 3.05) is 0 Å². The highest BCUT2D eigenvalue weighted by atomic mass is 31.1. The first-order valence-electron chi connectivity index (χ1n) is 18.8. The largest absolute Gasteiger partial charge is 0.514 e. The van der Waals surface area contributed by atoms with Gasteiger partial charge in [-0.3, -0.25) is 0 Å². The molecule has 284 valence electrons. The molecule has 0 spiro atoms. The molecule has 0 bridgehead atoms. The van der Waals surface area contributed by atoms with Gasteiger partial charge in [-0.05, 0) is 122 Å². The van der Waals surface area contributed by atoms with Gasteiger partial charge in [-0.1, -0.05) is 93.5 Å². The fourth-order valence-electron chi connectivity index (χ4n) is 7.36. The van der Waals surface area contributed by atoms with Crippen LogP contribution in [0.4, 0.5) is 4.79 Å². The van der Waals surface area contributed by atoms with E-state index in [1.165, 1.54) is 0 Å². The highest BCUT2D eigenvalue weighted by Crippen LogP contribution is 2.50. The first kappa shape index (κ1) is 40.0. The first-order chi connectivity index (χ1) is 24.5. The third-order valence-electron chi connectivity index (χ3n) is 9.73. The van der Waals surface area contributed by atoms with Crippen LogP contribution in [0.5, 0.6) is 11.5 Å². The lowest BCUT2D eigenvalue weighted by Crippen LogP contribution is -2.30.